The first-order valence-electron chi connectivity index (χ1n) is 4.42. The molecule has 1 unspecified atom stereocenters. The van der Waals surface area contributed by atoms with Gasteiger partial charge in [0.2, 0.25) is 0 Å². The molecule has 68 valence electrons. The van der Waals surface area contributed by atoms with Crippen LogP contribution in [0.25, 0.3) is 0 Å². The van der Waals surface area contributed by atoms with E-state index in [-0.39, 0.29) is 0 Å². The first kappa shape index (κ1) is 9.66. The van der Waals surface area contributed by atoms with Crippen LogP contribution in [0.4, 0.5) is 0 Å². The minimum Gasteiger partial charge on any atom is -0.241 e. The fourth-order valence-electron chi connectivity index (χ4n) is 1.27. The molecule has 0 saturated heterocycles. The van der Waals surface area contributed by atoms with Crippen LogP contribution in [0.5, 0.6) is 0 Å². The molecule has 0 aliphatic carbocycles. The van der Waals surface area contributed by atoms with Crippen molar-refractivity contribution in [1.29, 1.82) is 5.26 Å². The fraction of sp³-hybridized carbons (Fsp3) is 0.500. The SMILES string of the molecule is CCC(C)c1ncnc(C#N)c1C. The van der Waals surface area contributed by atoms with E-state index in [0.29, 0.717) is 11.6 Å². The number of aromatic nitrogens is 2. The first-order valence-corrected chi connectivity index (χ1v) is 4.42. The van der Waals surface area contributed by atoms with Crippen molar-refractivity contribution in [3.63, 3.8) is 0 Å². The van der Waals surface area contributed by atoms with Crippen LogP contribution in [0.2, 0.25) is 0 Å². The van der Waals surface area contributed by atoms with Gasteiger partial charge in [-0.2, -0.15) is 5.26 Å². The van der Waals surface area contributed by atoms with Crippen LogP contribution in [0, 0.1) is 18.3 Å². The zero-order valence-electron chi connectivity index (χ0n) is 8.20. The highest BCUT2D eigenvalue weighted by Crippen LogP contribution is 2.20. The number of hydrogen-bond acceptors (Lipinski definition) is 3. The van der Waals surface area contributed by atoms with Gasteiger partial charge in [0.05, 0.1) is 5.69 Å². The second kappa shape index (κ2) is 3.99. The van der Waals surface area contributed by atoms with Crippen LogP contribution in [-0.2, 0) is 0 Å². The summed E-state index contributed by atoms with van der Waals surface area (Å²) in [5.41, 5.74) is 2.40. The Balaban J connectivity index is 3.17. The first-order chi connectivity index (χ1) is 6.20. The average Bonchev–Trinajstić information content (AvgIpc) is 2.17. The molecule has 0 amide bonds. The van der Waals surface area contributed by atoms with E-state index in [1.54, 1.807) is 0 Å². The Kier molecular flexibility index (Phi) is 2.97. The summed E-state index contributed by atoms with van der Waals surface area (Å²) in [7, 11) is 0. The van der Waals surface area contributed by atoms with Gasteiger partial charge in [-0.15, -0.1) is 0 Å². The maximum absolute atomic E-state index is 8.76. The third-order valence-corrected chi connectivity index (χ3v) is 2.31. The molecule has 0 aromatic carbocycles. The van der Waals surface area contributed by atoms with E-state index in [9.17, 15) is 0 Å². The van der Waals surface area contributed by atoms with Crippen molar-refractivity contribution in [2.75, 3.05) is 0 Å². The fourth-order valence-corrected chi connectivity index (χ4v) is 1.27. The largest absolute Gasteiger partial charge is 0.241 e. The Hall–Kier alpha value is -1.43. The predicted molar refractivity (Wildman–Crippen MR) is 50.2 cm³/mol. The van der Waals surface area contributed by atoms with Gasteiger partial charge >= 0.3 is 0 Å². The van der Waals surface area contributed by atoms with Crippen LogP contribution in [0.1, 0.15) is 43.1 Å². The molecule has 0 saturated carbocycles. The van der Waals surface area contributed by atoms with Gasteiger partial charge in [0.15, 0.2) is 0 Å². The Morgan fingerprint density at radius 3 is 2.77 bits per heavy atom. The summed E-state index contributed by atoms with van der Waals surface area (Å²) in [6.45, 7) is 6.12. The third-order valence-electron chi connectivity index (χ3n) is 2.31. The molecule has 0 aliphatic heterocycles. The quantitative estimate of drug-likeness (QED) is 0.692. The summed E-state index contributed by atoms with van der Waals surface area (Å²) in [5.74, 6) is 0.398. The molecule has 1 heterocycles. The number of nitrogens with zero attached hydrogens (tertiary/aromatic N) is 3. The lowest BCUT2D eigenvalue weighted by atomic mass is 10.00. The zero-order valence-corrected chi connectivity index (χ0v) is 8.20. The molecule has 0 radical (unpaired) electrons. The van der Waals surface area contributed by atoms with Gasteiger partial charge < -0.3 is 0 Å². The summed E-state index contributed by atoms with van der Waals surface area (Å²) in [6, 6.07) is 2.06. The standard InChI is InChI=1S/C10H13N3/c1-4-7(2)10-8(3)9(5-11)12-6-13-10/h6-7H,4H2,1-3H3. The van der Waals surface area contributed by atoms with Crippen molar-refractivity contribution >= 4 is 0 Å². The van der Waals surface area contributed by atoms with E-state index in [0.717, 1.165) is 17.7 Å². The zero-order chi connectivity index (χ0) is 9.84. The van der Waals surface area contributed by atoms with E-state index in [4.69, 9.17) is 5.26 Å². The molecule has 0 fully saturated rings. The molecule has 1 atom stereocenters. The average molecular weight is 175 g/mol. The smallest absolute Gasteiger partial charge is 0.147 e. The van der Waals surface area contributed by atoms with Crippen molar-refractivity contribution in [2.24, 2.45) is 0 Å². The molecule has 1 aromatic rings. The topological polar surface area (TPSA) is 49.6 Å². The highest BCUT2D eigenvalue weighted by molar-refractivity contribution is 5.33. The van der Waals surface area contributed by atoms with Crippen molar-refractivity contribution in [1.82, 2.24) is 9.97 Å². The van der Waals surface area contributed by atoms with Gasteiger partial charge in [0, 0.05) is 5.56 Å². The monoisotopic (exact) mass is 175 g/mol. The predicted octanol–water partition coefficient (Wildman–Crippen LogP) is 2.17. The summed E-state index contributed by atoms with van der Waals surface area (Å²) in [5, 5.41) is 8.76. The number of nitriles is 1. The molecule has 0 aliphatic rings. The molecule has 0 bridgehead atoms. The molecule has 1 aromatic heterocycles. The molecule has 0 spiro atoms. The highest BCUT2D eigenvalue weighted by Gasteiger charge is 2.11. The Morgan fingerprint density at radius 2 is 2.23 bits per heavy atom. The van der Waals surface area contributed by atoms with Crippen molar-refractivity contribution in [3.05, 3.63) is 23.3 Å². The Labute approximate surface area is 78.5 Å². The maximum atomic E-state index is 8.76. The molecular weight excluding hydrogens is 162 g/mol. The molecular formula is C10H13N3. The maximum Gasteiger partial charge on any atom is 0.147 e. The lowest BCUT2D eigenvalue weighted by Gasteiger charge is -2.10. The van der Waals surface area contributed by atoms with Gasteiger partial charge in [0.25, 0.3) is 0 Å². The van der Waals surface area contributed by atoms with E-state index in [2.05, 4.69) is 29.9 Å². The minimum absolute atomic E-state index is 0.398. The van der Waals surface area contributed by atoms with Gasteiger partial charge in [-0.05, 0) is 19.3 Å². The van der Waals surface area contributed by atoms with Crippen LogP contribution in [0.15, 0.2) is 6.33 Å². The summed E-state index contributed by atoms with van der Waals surface area (Å²) in [6.07, 6.45) is 2.50. The minimum atomic E-state index is 0.398. The van der Waals surface area contributed by atoms with Gasteiger partial charge in [-0.25, -0.2) is 9.97 Å². The van der Waals surface area contributed by atoms with Gasteiger partial charge in [-0.1, -0.05) is 13.8 Å². The molecule has 3 heteroatoms. The molecule has 13 heavy (non-hydrogen) atoms. The number of hydrogen-bond donors (Lipinski definition) is 0. The third kappa shape index (κ3) is 1.83. The summed E-state index contributed by atoms with van der Waals surface area (Å²) >= 11 is 0. The van der Waals surface area contributed by atoms with Crippen molar-refractivity contribution in [3.8, 4) is 6.07 Å². The van der Waals surface area contributed by atoms with Crippen LogP contribution in [0.3, 0.4) is 0 Å². The highest BCUT2D eigenvalue weighted by atomic mass is 14.8. The summed E-state index contributed by atoms with van der Waals surface area (Å²) < 4.78 is 0. The van der Waals surface area contributed by atoms with Crippen molar-refractivity contribution in [2.45, 2.75) is 33.1 Å². The Bertz CT molecular complexity index is 339. The molecule has 0 N–H and O–H groups in total. The van der Waals surface area contributed by atoms with E-state index in [1.165, 1.54) is 6.33 Å². The molecule has 3 nitrogen and oxygen atoms in total. The normalized spacial score (nSPS) is 12.2. The van der Waals surface area contributed by atoms with Gasteiger partial charge in [-0.3, -0.25) is 0 Å². The Morgan fingerprint density at radius 1 is 1.54 bits per heavy atom. The second-order valence-electron chi connectivity index (χ2n) is 3.15. The second-order valence-corrected chi connectivity index (χ2v) is 3.15. The molecule has 1 rings (SSSR count). The van der Waals surface area contributed by atoms with Crippen LogP contribution >= 0.6 is 0 Å². The van der Waals surface area contributed by atoms with Crippen molar-refractivity contribution < 1.29 is 0 Å². The van der Waals surface area contributed by atoms with Gasteiger partial charge in [0.1, 0.15) is 18.1 Å². The lowest BCUT2D eigenvalue weighted by molar-refractivity contribution is 0.696. The van der Waals surface area contributed by atoms with Crippen LogP contribution < -0.4 is 0 Å². The lowest BCUT2D eigenvalue weighted by Crippen LogP contribution is -2.02. The van der Waals surface area contributed by atoms with E-state index in [1.807, 2.05) is 6.92 Å². The number of rotatable bonds is 2. The van der Waals surface area contributed by atoms with Crippen LogP contribution in [-0.4, -0.2) is 9.97 Å². The van der Waals surface area contributed by atoms with E-state index >= 15 is 0 Å². The summed E-state index contributed by atoms with van der Waals surface area (Å²) in [4.78, 5) is 8.10. The van der Waals surface area contributed by atoms with E-state index < -0.39 is 0 Å².